The highest BCUT2D eigenvalue weighted by atomic mass is 32.2. The van der Waals surface area contributed by atoms with Gasteiger partial charge in [-0.05, 0) is 44.2 Å². The minimum absolute atomic E-state index is 0.0278. The summed E-state index contributed by atoms with van der Waals surface area (Å²) in [5.41, 5.74) is 1.06. The van der Waals surface area contributed by atoms with E-state index >= 15 is 0 Å². The Labute approximate surface area is 148 Å². The summed E-state index contributed by atoms with van der Waals surface area (Å²) >= 11 is 0. The molecule has 0 amide bonds. The largest absolute Gasteiger partial charge is 0.224 e. The number of hydrogen-bond donors (Lipinski definition) is 0. The Balaban J connectivity index is 2.83. The van der Waals surface area contributed by atoms with Crippen molar-refractivity contribution < 1.29 is 8.42 Å². The zero-order chi connectivity index (χ0) is 18.0. The van der Waals surface area contributed by atoms with Crippen LogP contribution in [0.1, 0.15) is 64.4 Å². The molecule has 0 heterocycles. The Kier molecular flexibility index (Phi) is 9.07. The lowest BCUT2D eigenvalue weighted by Crippen LogP contribution is -2.19. The molecule has 134 valence electrons. The van der Waals surface area contributed by atoms with Gasteiger partial charge in [0.25, 0.3) is 0 Å². The summed E-state index contributed by atoms with van der Waals surface area (Å²) in [7, 11) is -3.29. The number of benzene rings is 1. The maximum Gasteiger partial charge on any atom is 0.178 e. The predicted molar refractivity (Wildman–Crippen MR) is 99.5 cm³/mol. The number of aryl methyl sites for hydroxylation is 1. The molecule has 2 unspecified atom stereocenters. The predicted octanol–water partition coefficient (Wildman–Crippen LogP) is 5.30. The van der Waals surface area contributed by atoms with Crippen LogP contribution in [0.3, 0.4) is 0 Å². The van der Waals surface area contributed by atoms with Crippen LogP contribution in [0.15, 0.2) is 29.2 Å². The van der Waals surface area contributed by atoms with Crippen LogP contribution in [-0.2, 0) is 9.84 Å². The van der Waals surface area contributed by atoms with Crippen molar-refractivity contribution >= 4 is 9.84 Å². The van der Waals surface area contributed by atoms with E-state index in [0.29, 0.717) is 11.3 Å². The SMILES string of the molecule is CCCCC(C#N)CC(CCCC)CS(=O)(=O)c1ccc(C)cc1. The molecule has 0 fully saturated rings. The first-order chi connectivity index (χ1) is 11.4. The second-order valence-electron chi connectivity index (χ2n) is 6.81. The molecule has 0 bridgehead atoms. The monoisotopic (exact) mass is 349 g/mol. The lowest BCUT2D eigenvalue weighted by molar-refractivity contribution is 0.394. The second-order valence-corrected chi connectivity index (χ2v) is 8.84. The quantitative estimate of drug-likeness (QED) is 0.545. The van der Waals surface area contributed by atoms with Gasteiger partial charge in [-0.1, -0.05) is 57.2 Å². The molecule has 0 aliphatic carbocycles. The highest BCUT2D eigenvalue weighted by Crippen LogP contribution is 2.26. The average Bonchev–Trinajstić information content (AvgIpc) is 2.56. The molecular formula is C20H31NO2S. The Hall–Kier alpha value is -1.34. The highest BCUT2D eigenvalue weighted by molar-refractivity contribution is 7.91. The van der Waals surface area contributed by atoms with Gasteiger partial charge in [0.15, 0.2) is 9.84 Å². The van der Waals surface area contributed by atoms with Crippen molar-refractivity contribution in [2.75, 3.05) is 5.75 Å². The minimum atomic E-state index is -3.29. The second kappa shape index (κ2) is 10.5. The van der Waals surface area contributed by atoms with Crippen molar-refractivity contribution in [2.24, 2.45) is 11.8 Å². The molecule has 1 aromatic carbocycles. The van der Waals surface area contributed by atoms with Crippen LogP contribution in [0.4, 0.5) is 0 Å². The van der Waals surface area contributed by atoms with Crippen LogP contribution in [0, 0.1) is 30.1 Å². The maximum atomic E-state index is 12.7. The van der Waals surface area contributed by atoms with Crippen molar-refractivity contribution in [3.05, 3.63) is 29.8 Å². The zero-order valence-corrected chi connectivity index (χ0v) is 16.1. The summed E-state index contributed by atoms with van der Waals surface area (Å²) in [5.74, 6) is 0.193. The van der Waals surface area contributed by atoms with Crippen molar-refractivity contribution in [1.29, 1.82) is 5.26 Å². The lowest BCUT2D eigenvalue weighted by atomic mass is 9.89. The molecule has 4 heteroatoms. The molecule has 0 aliphatic rings. The summed E-state index contributed by atoms with van der Waals surface area (Å²) in [6.45, 7) is 6.18. The zero-order valence-electron chi connectivity index (χ0n) is 15.3. The Morgan fingerprint density at radius 1 is 1.04 bits per heavy atom. The number of unbranched alkanes of at least 4 members (excludes halogenated alkanes) is 2. The normalized spacial score (nSPS) is 14.1. The summed E-state index contributed by atoms with van der Waals surface area (Å²) in [6.07, 6.45) is 6.61. The third kappa shape index (κ3) is 7.05. The number of sulfone groups is 1. The van der Waals surface area contributed by atoms with Gasteiger partial charge in [-0.3, -0.25) is 0 Å². The molecule has 1 aromatic rings. The van der Waals surface area contributed by atoms with E-state index in [2.05, 4.69) is 19.9 Å². The van der Waals surface area contributed by atoms with E-state index in [1.807, 2.05) is 19.1 Å². The molecule has 1 rings (SSSR count). The molecule has 3 nitrogen and oxygen atoms in total. The van der Waals surface area contributed by atoms with Gasteiger partial charge in [-0.25, -0.2) is 8.42 Å². The lowest BCUT2D eigenvalue weighted by Gasteiger charge is -2.20. The van der Waals surface area contributed by atoms with E-state index in [4.69, 9.17) is 0 Å². The molecule has 0 saturated heterocycles. The minimum Gasteiger partial charge on any atom is -0.224 e. The third-order valence-corrected chi connectivity index (χ3v) is 6.41. The molecule has 0 N–H and O–H groups in total. The van der Waals surface area contributed by atoms with E-state index in [1.165, 1.54) is 0 Å². The smallest absolute Gasteiger partial charge is 0.178 e. The number of nitrogens with zero attached hydrogens (tertiary/aromatic N) is 1. The van der Waals surface area contributed by atoms with Gasteiger partial charge < -0.3 is 0 Å². The highest BCUT2D eigenvalue weighted by Gasteiger charge is 2.23. The van der Waals surface area contributed by atoms with Crippen molar-refractivity contribution in [3.8, 4) is 6.07 Å². The molecule has 0 saturated carbocycles. The van der Waals surface area contributed by atoms with Gasteiger partial charge in [0.2, 0.25) is 0 Å². The first kappa shape index (κ1) is 20.7. The van der Waals surface area contributed by atoms with E-state index in [-0.39, 0.29) is 17.6 Å². The summed E-state index contributed by atoms with van der Waals surface area (Å²) in [5, 5.41) is 9.37. The van der Waals surface area contributed by atoms with E-state index in [0.717, 1.165) is 44.1 Å². The van der Waals surface area contributed by atoms with Crippen molar-refractivity contribution in [2.45, 2.75) is 70.6 Å². The molecule has 0 aliphatic heterocycles. The Morgan fingerprint density at radius 2 is 1.62 bits per heavy atom. The summed E-state index contributed by atoms with van der Waals surface area (Å²) in [6, 6.07) is 9.45. The first-order valence-corrected chi connectivity index (χ1v) is 10.8. The molecular weight excluding hydrogens is 318 g/mol. The fourth-order valence-electron chi connectivity index (χ4n) is 3.00. The maximum absolute atomic E-state index is 12.7. The summed E-state index contributed by atoms with van der Waals surface area (Å²) in [4.78, 5) is 0.400. The Bertz CT molecular complexity index is 614. The molecule has 0 aromatic heterocycles. The van der Waals surface area contributed by atoms with E-state index in [1.54, 1.807) is 12.1 Å². The standard InChI is InChI=1S/C20H31NO2S/c1-4-6-8-18(15-21)14-19(9-7-5-2)16-24(22,23)20-12-10-17(3)11-13-20/h10-13,18-19H,4-9,14,16H2,1-3H3. The van der Waals surface area contributed by atoms with Gasteiger partial charge in [-0.2, -0.15) is 5.26 Å². The van der Waals surface area contributed by atoms with Gasteiger partial charge in [0.05, 0.1) is 16.7 Å². The topological polar surface area (TPSA) is 57.9 Å². The van der Waals surface area contributed by atoms with Gasteiger partial charge in [0, 0.05) is 5.92 Å². The van der Waals surface area contributed by atoms with Crippen LogP contribution in [0.5, 0.6) is 0 Å². The van der Waals surface area contributed by atoms with E-state index in [9.17, 15) is 13.7 Å². The summed E-state index contributed by atoms with van der Waals surface area (Å²) < 4.78 is 25.4. The van der Waals surface area contributed by atoms with Gasteiger partial charge >= 0.3 is 0 Å². The van der Waals surface area contributed by atoms with Crippen LogP contribution >= 0.6 is 0 Å². The molecule has 0 spiro atoms. The number of nitriles is 1. The van der Waals surface area contributed by atoms with Gasteiger partial charge in [0.1, 0.15) is 0 Å². The molecule has 24 heavy (non-hydrogen) atoms. The fraction of sp³-hybridized carbons (Fsp3) is 0.650. The van der Waals surface area contributed by atoms with Crippen molar-refractivity contribution in [1.82, 2.24) is 0 Å². The fourth-order valence-corrected chi connectivity index (χ4v) is 4.67. The molecule has 0 radical (unpaired) electrons. The van der Waals surface area contributed by atoms with E-state index < -0.39 is 9.84 Å². The first-order valence-electron chi connectivity index (χ1n) is 9.12. The van der Waals surface area contributed by atoms with Crippen LogP contribution in [0.2, 0.25) is 0 Å². The van der Waals surface area contributed by atoms with Crippen LogP contribution in [-0.4, -0.2) is 14.2 Å². The van der Waals surface area contributed by atoms with Gasteiger partial charge in [-0.15, -0.1) is 0 Å². The van der Waals surface area contributed by atoms with Crippen molar-refractivity contribution in [3.63, 3.8) is 0 Å². The number of rotatable bonds is 11. The molecule has 2 atom stereocenters. The van der Waals surface area contributed by atoms with Crippen LogP contribution in [0.25, 0.3) is 0 Å². The average molecular weight is 350 g/mol. The Morgan fingerprint density at radius 3 is 2.17 bits per heavy atom. The third-order valence-electron chi connectivity index (χ3n) is 4.51. The van der Waals surface area contributed by atoms with Crippen LogP contribution < -0.4 is 0 Å². The number of hydrogen-bond acceptors (Lipinski definition) is 3.